The monoisotopic (exact) mass is 465 g/mol. The Hall–Kier alpha value is -3.95. The third kappa shape index (κ3) is 4.18. The van der Waals surface area contributed by atoms with E-state index < -0.39 is 6.10 Å². The number of nitrogens with zero attached hydrogens (tertiary/aromatic N) is 3. The number of carbonyl (C=O) groups excluding carboxylic acids is 1. The number of aromatic nitrogens is 2. The molecule has 178 valence electrons. The number of nitrogen functional groups attached to an aromatic ring is 1. The maximum Gasteiger partial charge on any atom is 0.264 e. The quantitative estimate of drug-likeness (QED) is 0.584. The molecule has 34 heavy (non-hydrogen) atoms. The Morgan fingerprint density at radius 1 is 1.15 bits per heavy atom. The van der Waals surface area contributed by atoms with Gasteiger partial charge in [-0.25, -0.2) is 4.98 Å². The number of nitrogens with one attached hydrogen (secondary N) is 1. The minimum atomic E-state index is -0.694. The number of para-hydroxylation sites is 2. The van der Waals surface area contributed by atoms with Crippen molar-refractivity contribution in [2.24, 2.45) is 0 Å². The molecule has 1 amide bonds. The molecule has 0 spiro atoms. The first-order valence-electron chi connectivity index (χ1n) is 11.2. The highest BCUT2D eigenvalue weighted by molar-refractivity contribution is 5.91. The summed E-state index contributed by atoms with van der Waals surface area (Å²) >= 11 is 0. The standard InChI is InChI=1S/C24H27N5O5/c1-31-19-10-15-16(11-20(19)32-2)27-24(28-22(15)25)29-9-5-6-14(12-29)26-23(30)21-13-33-17-7-3-4-8-18(17)34-21/h3-4,7-8,10-11,14,21H,5-6,9,12-13H2,1-2H3,(H,26,30)(H2,25,27,28)/t14-,21+/m0/s1. The zero-order chi connectivity index (χ0) is 23.7. The molecule has 2 aliphatic heterocycles. The van der Waals surface area contributed by atoms with Gasteiger partial charge in [0.2, 0.25) is 12.1 Å². The lowest BCUT2D eigenvalue weighted by molar-refractivity contribution is -0.131. The molecule has 0 aliphatic carbocycles. The normalized spacial score (nSPS) is 19.5. The molecule has 1 saturated heterocycles. The van der Waals surface area contributed by atoms with Gasteiger partial charge in [0.1, 0.15) is 12.4 Å². The molecule has 10 nitrogen and oxygen atoms in total. The van der Waals surface area contributed by atoms with E-state index in [1.165, 1.54) is 0 Å². The van der Waals surface area contributed by atoms with E-state index in [1.54, 1.807) is 32.4 Å². The molecule has 1 fully saturated rings. The molecule has 3 N–H and O–H groups in total. The number of benzene rings is 2. The Labute approximate surface area is 197 Å². The highest BCUT2D eigenvalue weighted by Gasteiger charge is 2.31. The van der Waals surface area contributed by atoms with Crippen molar-refractivity contribution in [2.45, 2.75) is 25.0 Å². The Bertz CT molecular complexity index is 1220. The lowest BCUT2D eigenvalue weighted by Gasteiger charge is -2.34. The third-order valence-corrected chi connectivity index (χ3v) is 6.07. The zero-order valence-corrected chi connectivity index (χ0v) is 19.1. The van der Waals surface area contributed by atoms with Gasteiger partial charge in [-0.05, 0) is 31.0 Å². The van der Waals surface area contributed by atoms with Gasteiger partial charge in [0.25, 0.3) is 5.91 Å². The van der Waals surface area contributed by atoms with Crippen molar-refractivity contribution >= 4 is 28.6 Å². The molecule has 10 heteroatoms. The second-order valence-electron chi connectivity index (χ2n) is 8.29. The van der Waals surface area contributed by atoms with Crippen molar-refractivity contribution in [3.63, 3.8) is 0 Å². The lowest BCUT2D eigenvalue weighted by Crippen LogP contribution is -2.53. The topological polar surface area (TPSA) is 121 Å². The van der Waals surface area contributed by atoms with Gasteiger partial charge < -0.3 is 34.9 Å². The van der Waals surface area contributed by atoms with Crippen LogP contribution in [0.15, 0.2) is 36.4 Å². The predicted molar refractivity (Wildman–Crippen MR) is 127 cm³/mol. The van der Waals surface area contributed by atoms with Crippen LogP contribution in [-0.2, 0) is 4.79 Å². The van der Waals surface area contributed by atoms with Gasteiger partial charge in [-0.1, -0.05) is 12.1 Å². The number of hydrogen-bond donors (Lipinski definition) is 2. The van der Waals surface area contributed by atoms with Crippen LogP contribution in [0.25, 0.3) is 10.9 Å². The van der Waals surface area contributed by atoms with Crippen molar-refractivity contribution in [3.05, 3.63) is 36.4 Å². The molecule has 2 aliphatic rings. The molecule has 0 radical (unpaired) electrons. The second-order valence-corrected chi connectivity index (χ2v) is 8.29. The number of ether oxygens (including phenoxy) is 4. The summed E-state index contributed by atoms with van der Waals surface area (Å²) in [6.45, 7) is 1.50. The lowest BCUT2D eigenvalue weighted by atomic mass is 10.1. The van der Waals surface area contributed by atoms with Gasteiger partial charge in [-0.3, -0.25) is 4.79 Å². The van der Waals surface area contributed by atoms with E-state index >= 15 is 0 Å². The minimum Gasteiger partial charge on any atom is -0.493 e. The van der Waals surface area contributed by atoms with Gasteiger partial charge in [0.15, 0.2) is 23.0 Å². The number of nitrogens with two attached hydrogens (primary N) is 1. The van der Waals surface area contributed by atoms with Crippen LogP contribution in [0.3, 0.4) is 0 Å². The van der Waals surface area contributed by atoms with E-state index in [-0.39, 0.29) is 18.6 Å². The fourth-order valence-corrected chi connectivity index (χ4v) is 4.33. The number of piperidine rings is 1. The summed E-state index contributed by atoms with van der Waals surface area (Å²) in [6, 6.07) is 10.8. The maximum atomic E-state index is 12.9. The SMILES string of the molecule is COc1cc2nc(N3CCC[C@H](NC(=O)[C@H]4COc5ccccc5O4)C3)nc(N)c2cc1OC. The van der Waals surface area contributed by atoms with Crippen molar-refractivity contribution in [1.82, 2.24) is 15.3 Å². The van der Waals surface area contributed by atoms with Crippen LogP contribution in [0.4, 0.5) is 11.8 Å². The van der Waals surface area contributed by atoms with Crippen LogP contribution < -0.4 is 34.9 Å². The second kappa shape index (κ2) is 9.12. The summed E-state index contributed by atoms with van der Waals surface area (Å²) in [5.41, 5.74) is 6.92. The first-order valence-corrected chi connectivity index (χ1v) is 11.2. The van der Waals surface area contributed by atoms with Gasteiger partial charge in [0, 0.05) is 30.6 Å². The van der Waals surface area contributed by atoms with Crippen molar-refractivity contribution in [2.75, 3.05) is 44.5 Å². The molecular formula is C24H27N5O5. The predicted octanol–water partition coefficient (Wildman–Crippen LogP) is 2.15. The molecule has 1 aromatic heterocycles. The molecule has 3 heterocycles. The fraction of sp³-hybridized carbons (Fsp3) is 0.375. The summed E-state index contributed by atoms with van der Waals surface area (Å²) in [7, 11) is 3.15. The summed E-state index contributed by atoms with van der Waals surface area (Å²) < 4.78 is 22.3. The molecule has 3 aromatic rings. The minimum absolute atomic E-state index is 0.0760. The average Bonchev–Trinajstić information content (AvgIpc) is 2.87. The number of methoxy groups -OCH3 is 2. The maximum absolute atomic E-state index is 12.9. The van der Waals surface area contributed by atoms with E-state index in [4.69, 9.17) is 29.7 Å². The van der Waals surface area contributed by atoms with Crippen LogP contribution in [0, 0.1) is 0 Å². The molecule has 0 unspecified atom stereocenters. The van der Waals surface area contributed by atoms with E-state index in [1.807, 2.05) is 23.1 Å². The van der Waals surface area contributed by atoms with Crippen molar-refractivity contribution < 1.29 is 23.7 Å². The van der Waals surface area contributed by atoms with Gasteiger partial charge in [0.05, 0.1) is 19.7 Å². The van der Waals surface area contributed by atoms with E-state index in [2.05, 4.69) is 10.3 Å². The Morgan fingerprint density at radius 3 is 2.71 bits per heavy atom. The molecule has 2 atom stereocenters. The zero-order valence-electron chi connectivity index (χ0n) is 19.1. The molecule has 0 saturated carbocycles. The first-order chi connectivity index (χ1) is 16.6. The molecule has 0 bridgehead atoms. The van der Waals surface area contributed by atoms with Crippen LogP contribution in [0.5, 0.6) is 23.0 Å². The first kappa shape index (κ1) is 21.9. The summed E-state index contributed by atoms with van der Waals surface area (Å²) in [4.78, 5) is 24.1. The Morgan fingerprint density at radius 2 is 1.91 bits per heavy atom. The van der Waals surface area contributed by atoms with Gasteiger partial charge in [-0.2, -0.15) is 4.98 Å². The highest BCUT2D eigenvalue weighted by atomic mass is 16.6. The number of carbonyl (C=O) groups is 1. The number of fused-ring (bicyclic) bond motifs is 2. The average molecular weight is 466 g/mol. The van der Waals surface area contributed by atoms with Crippen molar-refractivity contribution in [1.29, 1.82) is 0 Å². The molecular weight excluding hydrogens is 438 g/mol. The van der Waals surface area contributed by atoms with Crippen LogP contribution in [0.1, 0.15) is 12.8 Å². The van der Waals surface area contributed by atoms with Crippen LogP contribution in [0.2, 0.25) is 0 Å². The summed E-state index contributed by atoms with van der Waals surface area (Å²) in [6.07, 6.45) is 1.03. The fourth-order valence-electron chi connectivity index (χ4n) is 4.33. The van der Waals surface area contributed by atoms with E-state index in [0.717, 1.165) is 19.4 Å². The van der Waals surface area contributed by atoms with E-state index in [9.17, 15) is 4.79 Å². The summed E-state index contributed by atoms with van der Waals surface area (Å²) in [5.74, 6) is 3.04. The molecule has 5 rings (SSSR count). The van der Waals surface area contributed by atoms with Crippen LogP contribution in [-0.4, -0.2) is 61.9 Å². The third-order valence-electron chi connectivity index (χ3n) is 6.07. The van der Waals surface area contributed by atoms with E-state index in [0.29, 0.717) is 52.2 Å². The van der Waals surface area contributed by atoms with Crippen molar-refractivity contribution in [3.8, 4) is 23.0 Å². The number of rotatable bonds is 5. The number of amides is 1. The Kier molecular flexibility index (Phi) is 5.87. The number of hydrogen-bond acceptors (Lipinski definition) is 9. The Balaban J connectivity index is 1.30. The molecule has 2 aromatic carbocycles. The number of anilines is 2. The van der Waals surface area contributed by atoms with Gasteiger partial charge >= 0.3 is 0 Å². The van der Waals surface area contributed by atoms with Crippen LogP contribution >= 0.6 is 0 Å². The summed E-state index contributed by atoms with van der Waals surface area (Å²) in [5, 5.41) is 3.79. The largest absolute Gasteiger partial charge is 0.493 e. The highest BCUT2D eigenvalue weighted by Crippen LogP contribution is 2.34. The smallest absolute Gasteiger partial charge is 0.264 e. The van der Waals surface area contributed by atoms with Gasteiger partial charge in [-0.15, -0.1) is 0 Å².